The minimum Gasteiger partial charge on any atom is -0.381 e. The molecule has 0 spiro atoms. The molecule has 6 nitrogen and oxygen atoms in total. The number of piperidine rings is 1. The van der Waals surface area contributed by atoms with Gasteiger partial charge in [0.2, 0.25) is 0 Å². The minimum absolute atomic E-state index is 0.128. The Bertz CT molecular complexity index is 1000. The van der Waals surface area contributed by atoms with Crippen LogP contribution in [0.3, 0.4) is 0 Å². The minimum atomic E-state index is -0.128. The molecule has 0 unspecified atom stereocenters. The van der Waals surface area contributed by atoms with Crippen molar-refractivity contribution in [1.82, 2.24) is 20.2 Å². The first kappa shape index (κ1) is 19.7. The molecule has 1 aliphatic rings. The summed E-state index contributed by atoms with van der Waals surface area (Å²) in [6.07, 6.45) is 5.52. The van der Waals surface area contributed by atoms with Crippen LogP contribution < -0.4 is 10.6 Å². The van der Waals surface area contributed by atoms with Crippen LogP contribution in [0.2, 0.25) is 5.02 Å². The van der Waals surface area contributed by atoms with Crippen LogP contribution in [-0.2, 0) is 6.54 Å². The molecule has 0 aliphatic carbocycles. The lowest BCUT2D eigenvalue weighted by atomic mass is 9.96. The Kier molecular flexibility index (Phi) is 5.74. The number of hydrogen-bond acceptors (Lipinski definition) is 4. The van der Waals surface area contributed by atoms with Crippen LogP contribution in [0, 0.1) is 0 Å². The number of carbonyl (C=O) groups is 1. The van der Waals surface area contributed by atoms with E-state index in [1.807, 2.05) is 24.4 Å². The van der Waals surface area contributed by atoms with Crippen molar-refractivity contribution in [1.29, 1.82) is 0 Å². The molecule has 3 N–H and O–H groups in total. The Balaban J connectivity index is 1.48. The smallest absolute Gasteiger partial charge is 0.254 e. The van der Waals surface area contributed by atoms with Crippen molar-refractivity contribution in [3.63, 3.8) is 0 Å². The Morgan fingerprint density at radius 3 is 2.83 bits per heavy atom. The average Bonchev–Trinajstić information content (AvgIpc) is 3.20. The number of amides is 1. The number of nitrogens with one attached hydrogen (secondary N) is 3. The molecule has 0 radical (unpaired) electrons. The van der Waals surface area contributed by atoms with E-state index in [4.69, 9.17) is 11.6 Å². The van der Waals surface area contributed by atoms with Gasteiger partial charge in [0.05, 0.1) is 11.3 Å². The number of nitrogens with zero attached hydrogens (tertiary/aromatic N) is 2. The maximum Gasteiger partial charge on any atom is 0.254 e. The van der Waals surface area contributed by atoms with E-state index in [0.29, 0.717) is 17.6 Å². The van der Waals surface area contributed by atoms with Gasteiger partial charge < -0.3 is 15.6 Å². The summed E-state index contributed by atoms with van der Waals surface area (Å²) in [6.45, 7) is 4.19. The summed E-state index contributed by atoms with van der Waals surface area (Å²) in [4.78, 5) is 22.4. The molecule has 152 valence electrons. The number of aromatic amines is 1. The third-order valence-electron chi connectivity index (χ3n) is 5.72. The number of likely N-dealkylation sites (tertiary alicyclic amines) is 1. The van der Waals surface area contributed by atoms with E-state index in [1.165, 1.54) is 5.56 Å². The van der Waals surface area contributed by atoms with Gasteiger partial charge in [-0.3, -0.25) is 9.69 Å². The third-order valence-corrected chi connectivity index (χ3v) is 5.97. The van der Waals surface area contributed by atoms with E-state index in [2.05, 4.69) is 44.6 Å². The molecule has 3 heterocycles. The first-order valence-corrected chi connectivity index (χ1v) is 10.4. The molecular formula is C22H26ClN5O. The maximum atomic E-state index is 12.4. The molecule has 29 heavy (non-hydrogen) atoms. The van der Waals surface area contributed by atoms with E-state index in [-0.39, 0.29) is 5.91 Å². The Labute approximate surface area is 175 Å². The largest absolute Gasteiger partial charge is 0.381 e. The standard InChI is InChI=1S/C22H26ClN5O/c1-14-11-17(8-10-28(14)13-15-3-5-16(23)6-4-15)27-20-18-7-9-25-21(18)26-12-19(20)22(29)24-2/h3-7,9,12,14,17H,8,10-11,13H2,1-2H3,(H,24,29)(H2,25,26,27)/t14-,17+/m0/s1. The number of aromatic nitrogens is 2. The summed E-state index contributed by atoms with van der Waals surface area (Å²) in [7, 11) is 1.64. The molecule has 0 saturated carbocycles. The predicted molar refractivity (Wildman–Crippen MR) is 117 cm³/mol. The van der Waals surface area contributed by atoms with Gasteiger partial charge in [0, 0.05) is 55.0 Å². The summed E-state index contributed by atoms with van der Waals surface area (Å²) in [5.74, 6) is -0.128. The van der Waals surface area contributed by atoms with E-state index in [0.717, 1.165) is 47.7 Å². The van der Waals surface area contributed by atoms with E-state index >= 15 is 0 Å². The molecule has 0 bridgehead atoms. The van der Waals surface area contributed by atoms with Gasteiger partial charge in [0.1, 0.15) is 5.65 Å². The van der Waals surface area contributed by atoms with Crippen molar-refractivity contribution in [3.8, 4) is 0 Å². The zero-order valence-electron chi connectivity index (χ0n) is 16.7. The summed E-state index contributed by atoms with van der Waals surface area (Å²) in [6, 6.07) is 10.8. The molecule has 1 aliphatic heterocycles. The number of anilines is 1. The normalized spacial score (nSPS) is 20.0. The van der Waals surface area contributed by atoms with E-state index in [1.54, 1.807) is 13.2 Å². The van der Waals surface area contributed by atoms with Gasteiger partial charge in [-0.05, 0) is 43.5 Å². The monoisotopic (exact) mass is 411 g/mol. The molecule has 3 aromatic rings. The van der Waals surface area contributed by atoms with Crippen molar-refractivity contribution < 1.29 is 4.79 Å². The summed E-state index contributed by atoms with van der Waals surface area (Å²) >= 11 is 6.00. The van der Waals surface area contributed by atoms with Gasteiger partial charge in [-0.1, -0.05) is 23.7 Å². The predicted octanol–water partition coefficient (Wildman–Crippen LogP) is 4.04. The second kappa shape index (κ2) is 8.43. The van der Waals surface area contributed by atoms with Crippen molar-refractivity contribution in [2.75, 3.05) is 18.9 Å². The summed E-state index contributed by atoms with van der Waals surface area (Å²) < 4.78 is 0. The Morgan fingerprint density at radius 2 is 2.10 bits per heavy atom. The van der Waals surface area contributed by atoms with Crippen molar-refractivity contribution in [3.05, 3.63) is 58.9 Å². The summed E-state index contributed by atoms with van der Waals surface area (Å²) in [5.41, 5.74) is 3.50. The summed E-state index contributed by atoms with van der Waals surface area (Å²) in [5, 5.41) is 8.08. The van der Waals surface area contributed by atoms with Crippen LogP contribution in [0.15, 0.2) is 42.7 Å². The van der Waals surface area contributed by atoms with E-state index < -0.39 is 0 Å². The quantitative estimate of drug-likeness (QED) is 0.592. The fourth-order valence-electron chi connectivity index (χ4n) is 4.09. The van der Waals surface area contributed by atoms with Gasteiger partial charge in [-0.2, -0.15) is 0 Å². The van der Waals surface area contributed by atoms with Gasteiger partial charge in [0.15, 0.2) is 0 Å². The fourth-order valence-corrected chi connectivity index (χ4v) is 4.21. The molecule has 7 heteroatoms. The highest BCUT2D eigenvalue weighted by Crippen LogP contribution is 2.29. The highest BCUT2D eigenvalue weighted by atomic mass is 35.5. The van der Waals surface area contributed by atoms with Crippen molar-refractivity contribution in [2.45, 2.75) is 38.4 Å². The first-order valence-electron chi connectivity index (χ1n) is 9.98. The van der Waals surface area contributed by atoms with E-state index in [9.17, 15) is 4.79 Å². The number of H-pyrrole nitrogens is 1. The topological polar surface area (TPSA) is 73.0 Å². The van der Waals surface area contributed by atoms with Crippen molar-refractivity contribution >= 4 is 34.2 Å². The molecule has 2 atom stereocenters. The lowest BCUT2D eigenvalue weighted by molar-refractivity contribution is 0.0963. The number of fused-ring (bicyclic) bond motifs is 1. The molecule has 1 fully saturated rings. The molecule has 4 rings (SSSR count). The van der Waals surface area contributed by atoms with Crippen LogP contribution in [0.4, 0.5) is 5.69 Å². The van der Waals surface area contributed by atoms with Gasteiger partial charge in [-0.25, -0.2) is 4.98 Å². The number of carbonyl (C=O) groups excluding carboxylic acids is 1. The van der Waals surface area contributed by atoms with Gasteiger partial charge in [-0.15, -0.1) is 0 Å². The lowest BCUT2D eigenvalue weighted by Gasteiger charge is -2.38. The van der Waals surface area contributed by atoms with Crippen LogP contribution >= 0.6 is 11.6 Å². The number of pyridine rings is 1. The molecule has 1 aromatic carbocycles. The highest BCUT2D eigenvalue weighted by Gasteiger charge is 2.27. The maximum absolute atomic E-state index is 12.4. The van der Waals surface area contributed by atoms with Crippen molar-refractivity contribution in [2.24, 2.45) is 0 Å². The second-order valence-electron chi connectivity index (χ2n) is 7.68. The lowest BCUT2D eigenvalue weighted by Crippen LogP contribution is -2.44. The molecular weight excluding hydrogens is 386 g/mol. The fraction of sp³-hybridized carbons (Fsp3) is 0.364. The zero-order valence-corrected chi connectivity index (χ0v) is 17.5. The molecule has 2 aromatic heterocycles. The SMILES string of the molecule is CNC(=O)c1cnc2[nH]ccc2c1N[C@@H]1CCN(Cc2ccc(Cl)cc2)[C@@H](C)C1. The average molecular weight is 412 g/mol. The number of halogens is 1. The Hall–Kier alpha value is -2.57. The highest BCUT2D eigenvalue weighted by molar-refractivity contribution is 6.30. The van der Waals surface area contributed by atoms with Crippen LogP contribution in [0.5, 0.6) is 0 Å². The number of rotatable bonds is 5. The van der Waals surface area contributed by atoms with Crippen LogP contribution in [0.25, 0.3) is 11.0 Å². The number of hydrogen-bond donors (Lipinski definition) is 3. The third kappa shape index (κ3) is 4.23. The van der Waals surface area contributed by atoms with Crippen LogP contribution in [0.1, 0.15) is 35.7 Å². The molecule has 1 saturated heterocycles. The number of benzene rings is 1. The van der Waals surface area contributed by atoms with Crippen LogP contribution in [-0.4, -0.2) is 46.5 Å². The first-order chi connectivity index (χ1) is 14.0. The second-order valence-corrected chi connectivity index (χ2v) is 8.11. The van der Waals surface area contributed by atoms with Gasteiger partial charge >= 0.3 is 0 Å². The Morgan fingerprint density at radius 1 is 1.31 bits per heavy atom. The molecule has 1 amide bonds. The van der Waals surface area contributed by atoms with Gasteiger partial charge in [0.25, 0.3) is 5.91 Å². The zero-order chi connectivity index (χ0) is 20.4.